The molecule has 1 aromatic carbocycles. The molecule has 1 atom stereocenters. The Morgan fingerprint density at radius 1 is 1.35 bits per heavy atom. The third kappa shape index (κ3) is 3.16. The van der Waals surface area contributed by atoms with Gasteiger partial charge in [-0.15, -0.1) is 0 Å². The van der Waals surface area contributed by atoms with Crippen LogP contribution in [0.15, 0.2) is 34.2 Å². The normalized spacial score (nSPS) is 19.6. The molecular weight excluding hydrogens is 234 g/mol. The molecule has 2 rings (SSSR count). The van der Waals surface area contributed by atoms with E-state index >= 15 is 0 Å². The molecule has 0 bridgehead atoms. The summed E-state index contributed by atoms with van der Waals surface area (Å²) in [5, 5.41) is 0. The number of hydrogen-bond donors (Lipinski definition) is 0. The van der Waals surface area contributed by atoms with E-state index in [2.05, 4.69) is 4.99 Å². The topological polar surface area (TPSA) is 38.7 Å². The minimum atomic E-state index is -1.07. The Balaban J connectivity index is 2.05. The lowest BCUT2D eigenvalue weighted by molar-refractivity contribution is 0.278. The highest BCUT2D eigenvalue weighted by Crippen LogP contribution is 2.18. The minimum absolute atomic E-state index is 0.174. The first-order valence-electron chi connectivity index (χ1n) is 5.63. The summed E-state index contributed by atoms with van der Waals surface area (Å²) in [6.45, 7) is 6.61. The summed E-state index contributed by atoms with van der Waals surface area (Å²) in [5.74, 6) is 0.973. The molecule has 0 saturated heterocycles. The summed E-state index contributed by atoms with van der Waals surface area (Å²) in [7, 11) is -1.07. The van der Waals surface area contributed by atoms with Gasteiger partial charge in [-0.3, -0.25) is 4.21 Å². The van der Waals surface area contributed by atoms with Gasteiger partial charge in [0.15, 0.2) is 5.90 Å². The van der Waals surface area contributed by atoms with Gasteiger partial charge in [0.25, 0.3) is 0 Å². The van der Waals surface area contributed by atoms with Crippen LogP contribution in [0.25, 0.3) is 0 Å². The quantitative estimate of drug-likeness (QED) is 0.827. The van der Waals surface area contributed by atoms with Crippen LogP contribution in [-0.4, -0.2) is 28.0 Å². The second-order valence-electron chi connectivity index (χ2n) is 4.91. The Hall–Kier alpha value is -1.16. The maximum Gasteiger partial charge on any atom is 0.197 e. The van der Waals surface area contributed by atoms with E-state index in [9.17, 15) is 4.21 Å². The predicted molar refractivity (Wildman–Crippen MR) is 69.9 cm³/mol. The van der Waals surface area contributed by atoms with E-state index in [1.807, 2.05) is 45.0 Å². The number of benzene rings is 1. The Bertz CT molecular complexity index is 463. The maximum atomic E-state index is 12.1. The van der Waals surface area contributed by atoms with Crippen molar-refractivity contribution < 1.29 is 8.95 Å². The third-order valence-corrected chi connectivity index (χ3v) is 3.86. The third-order valence-electron chi connectivity index (χ3n) is 2.56. The summed E-state index contributed by atoms with van der Waals surface area (Å²) >= 11 is 0. The molecule has 3 nitrogen and oxygen atoms in total. The van der Waals surface area contributed by atoms with E-state index in [-0.39, 0.29) is 5.54 Å². The van der Waals surface area contributed by atoms with Crippen LogP contribution in [0, 0.1) is 6.92 Å². The minimum Gasteiger partial charge on any atom is -0.478 e. The van der Waals surface area contributed by atoms with Gasteiger partial charge in [0.1, 0.15) is 12.4 Å². The number of rotatable bonds is 3. The van der Waals surface area contributed by atoms with Crippen LogP contribution in [0.5, 0.6) is 0 Å². The highest BCUT2D eigenvalue weighted by atomic mass is 32.2. The number of aliphatic imine (C=N–C) groups is 1. The molecule has 0 saturated carbocycles. The van der Waals surface area contributed by atoms with E-state index in [1.54, 1.807) is 0 Å². The molecule has 92 valence electrons. The molecule has 1 aliphatic rings. The van der Waals surface area contributed by atoms with Crippen molar-refractivity contribution in [2.24, 2.45) is 4.99 Å². The van der Waals surface area contributed by atoms with Crippen LogP contribution in [0.1, 0.15) is 19.4 Å². The number of aryl methyl sites for hydroxylation is 1. The lowest BCUT2D eigenvalue weighted by Gasteiger charge is -2.07. The van der Waals surface area contributed by atoms with E-state index in [4.69, 9.17) is 4.74 Å². The van der Waals surface area contributed by atoms with Gasteiger partial charge >= 0.3 is 0 Å². The van der Waals surface area contributed by atoms with Crippen LogP contribution < -0.4 is 0 Å². The van der Waals surface area contributed by atoms with E-state index < -0.39 is 10.8 Å². The Kier molecular flexibility index (Phi) is 3.33. The summed E-state index contributed by atoms with van der Waals surface area (Å²) in [6, 6.07) is 7.72. The van der Waals surface area contributed by atoms with E-state index in [0.29, 0.717) is 18.3 Å². The van der Waals surface area contributed by atoms with Gasteiger partial charge in [-0.25, -0.2) is 4.99 Å². The predicted octanol–water partition coefficient (Wildman–Crippen LogP) is 2.31. The monoisotopic (exact) mass is 251 g/mol. The molecule has 0 aliphatic carbocycles. The van der Waals surface area contributed by atoms with Gasteiger partial charge in [-0.2, -0.15) is 0 Å². The van der Waals surface area contributed by atoms with Crippen molar-refractivity contribution in [2.45, 2.75) is 31.2 Å². The van der Waals surface area contributed by atoms with Crippen molar-refractivity contribution in [3.63, 3.8) is 0 Å². The summed E-state index contributed by atoms with van der Waals surface area (Å²) in [5.41, 5.74) is 0.994. The summed E-state index contributed by atoms with van der Waals surface area (Å²) in [6.07, 6.45) is 0. The van der Waals surface area contributed by atoms with Crippen LogP contribution in [0.3, 0.4) is 0 Å². The van der Waals surface area contributed by atoms with Crippen LogP contribution >= 0.6 is 0 Å². The molecule has 17 heavy (non-hydrogen) atoms. The van der Waals surface area contributed by atoms with Crippen molar-refractivity contribution in [3.05, 3.63) is 29.8 Å². The fourth-order valence-electron chi connectivity index (χ4n) is 1.62. The Morgan fingerprint density at radius 2 is 2.00 bits per heavy atom. The SMILES string of the molecule is Cc1ccc(S(=O)CC2=NC(C)(C)CO2)cc1. The van der Waals surface area contributed by atoms with Gasteiger partial charge < -0.3 is 4.74 Å². The average Bonchev–Trinajstić information content (AvgIpc) is 2.59. The molecule has 0 aromatic heterocycles. The van der Waals surface area contributed by atoms with Crippen LogP contribution in [0.4, 0.5) is 0 Å². The second-order valence-corrected chi connectivity index (χ2v) is 6.36. The molecule has 1 heterocycles. The molecule has 0 fully saturated rings. The molecule has 1 unspecified atom stereocenters. The van der Waals surface area contributed by atoms with Gasteiger partial charge in [0, 0.05) is 4.90 Å². The second kappa shape index (κ2) is 4.61. The fourth-order valence-corrected chi connectivity index (χ4v) is 2.60. The first-order valence-corrected chi connectivity index (χ1v) is 6.95. The number of hydrogen-bond acceptors (Lipinski definition) is 3. The summed E-state index contributed by atoms with van der Waals surface area (Å²) < 4.78 is 17.5. The van der Waals surface area contributed by atoms with E-state index in [1.165, 1.54) is 5.56 Å². The van der Waals surface area contributed by atoms with Crippen molar-refractivity contribution in [3.8, 4) is 0 Å². The highest BCUT2D eigenvalue weighted by molar-refractivity contribution is 7.85. The number of nitrogens with zero attached hydrogens (tertiary/aromatic N) is 1. The van der Waals surface area contributed by atoms with Crippen molar-refractivity contribution in [2.75, 3.05) is 12.4 Å². The smallest absolute Gasteiger partial charge is 0.197 e. The molecule has 0 amide bonds. The molecule has 0 radical (unpaired) electrons. The zero-order chi connectivity index (χ0) is 12.5. The first-order chi connectivity index (χ1) is 7.96. The largest absolute Gasteiger partial charge is 0.478 e. The van der Waals surface area contributed by atoms with Crippen molar-refractivity contribution in [1.82, 2.24) is 0 Å². The summed E-state index contributed by atoms with van der Waals surface area (Å²) in [4.78, 5) is 5.23. The highest BCUT2D eigenvalue weighted by Gasteiger charge is 2.27. The molecule has 4 heteroatoms. The molecule has 0 spiro atoms. The lowest BCUT2D eigenvalue weighted by Crippen LogP contribution is -2.17. The number of ether oxygens (including phenoxy) is 1. The van der Waals surface area contributed by atoms with Crippen LogP contribution in [0.2, 0.25) is 0 Å². The van der Waals surface area contributed by atoms with Gasteiger partial charge in [-0.05, 0) is 32.9 Å². The maximum absolute atomic E-state index is 12.1. The zero-order valence-electron chi connectivity index (χ0n) is 10.4. The first kappa shape index (κ1) is 12.3. The van der Waals surface area contributed by atoms with Gasteiger partial charge in [0.2, 0.25) is 0 Å². The van der Waals surface area contributed by atoms with Crippen molar-refractivity contribution >= 4 is 16.7 Å². The lowest BCUT2D eigenvalue weighted by atomic mass is 10.1. The molecule has 0 N–H and O–H groups in total. The van der Waals surface area contributed by atoms with E-state index in [0.717, 1.165) is 4.90 Å². The fraction of sp³-hybridized carbons (Fsp3) is 0.462. The van der Waals surface area contributed by atoms with Crippen LogP contribution in [-0.2, 0) is 15.5 Å². The average molecular weight is 251 g/mol. The van der Waals surface area contributed by atoms with Gasteiger partial charge in [0.05, 0.1) is 16.3 Å². The molecular formula is C13H17NO2S. The standard InChI is InChI=1S/C13H17NO2S/c1-10-4-6-11(7-5-10)17(15)8-12-14-13(2,3)9-16-12/h4-7H,8-9H2,1-3H3. The zero-order valence-corrected chi connectivity index (χ0v) is 11.2. The Labute approximate surface area is 104 Å². The van der Waals surface area contributed by atoms with Crippen molar-refractivity contribution in [1.29, 1.82) is 0 Å². The van der Waals surface area contributed by atoms with Gasteiger partial charge in [-0.1, -0.05) is 17.7 Å². The Morgan fingerprint density at radius 3 is 2.53 bits per heavy atom. The molecule has 1 aromatic rings. The molecule has 1 aliphatic heterocycles.